The maximum absolute atomic E-state index is 12.1. The lowest BCUT2D eigenvalue weighted by molar-refractivity contribution is -0.121. The Morgan fingerprint density at radius 1 is 1.43 bits per heavy atom. The van der Waals surface area contributed by atoms with Crippen LogP contribution >= 0.6 is 0 Å². The zero-order chi connectivity index (χ0) is 15.4. The molecule has 2 rings (SSSR count). The molecule has 7 nitrogen and oxygen atoms in total. The predicted octanol–water partition coefficient (Wildman–Crippen LogP) is 0.582. The highest BCUT2D eigenvalue weighted by atomic mass is 16.2. The second-order valence-corrected chi connectivity index (χ2v) is 5.36. The summed E-state index contributed by atoms with van der Waals surface area (Å²) in [5.41, 5.74) is 7.36. The highest BCUT2D eigenvalue weighted by Gasteiger charge is 2.23. The van der Waals surface area contributed by atoms with Gasteiger partial charge in [0.1, 0.15) is 5.69 Å². The van der Waals surface area contributed by atoms with Gasteiger partial charge in [-0.05, 0) is 33.1 Å². The van der Waals surface area contributed by atoms with Crippen LogP contribution < -0.4 is 16.4 Å². The summed E-state index contributed by atoms with van der Waals surface area (Å²) in [6.07, 6.45) is 3.21. The van der Waals surface area contributed by atoms with E-state index in [9.17, 15) is 9.59 Å². The molecule has 1 fully saturated rings. The number of nitrogens with zero attached hydrogens (tertiary/aromatic N) is 2. The van der Waals surface area contributed by atoms with Crippen LogP contribution in [-0.4, -0.2) is 34.2 Å². The van der Waals surface area contributed by atoms with Crippen LogP contribution in [0.2, 0.25) is 0 Å². The van der Waals surface area contributed by atoms with Gasteiger partial charge in [0.05, 0.1) is 11.4 Å². The van der Waals surface area contributed by atoms with Crippen LogP contribution in [0, 0.1) is 6.92 Å². The van der Waals surface area contributed by atoms with Gasteiger partial charge in [-0.1, -0.05) is 0 Å². The topological polar surface area (TPSA) is 102 Å². The molecular formula is C14H23N5O2. The summed E-state index contributed by atoms with van der Waals surface area (Å²) in [6.45, 7) is 4.72. The van der Waals surface area contributed by atoms with Crippen LogP contribution in [0.3, 0.4) is 0 Å². The molecule has 7 heteroatoms. The van der Waals surface area contributed by atoms with Gasteiger partial charge in [-0.2, -0.15) is 5.10 Å². The minimum atomic E-state index is -0.238. The second kappa shape index (κ2) is 6.60. The molecule has 0 atom stereocenters. The second-order valence-electron chi connectivity index (χ2n) is 5.36. The highest BCUT2D eigenvalue weighted by Crippen LogP contribution is 2.18. The zero-order valence-corrected chi connectivity index (χ0v) is 12.6. The number of aromatic nitrogens is 2. The molecule has 0 saturated heterocycles. The lowest BCUT2D eigenvalue weighted by Gasteiger charge is -2.08. The molecule has 1 aliphatic carbocycles. The fraction of sp³-hybridized carbons (Fsp3) is 0.643. The number of rotatable bonds is 7. The molecule has 0 aliphatic heterocycles. The van der Waals surface area contributed by atoms with Crippen molar-refractivity contribution in [3.05, 3.63) is 11.4 Å². The van der Waals surface area contributed by atoms with E-state index in [0.717, 1.165) is 12.8 Å². The van der Waals surface area contributed by atoms with E-state index in [-0.39, 0.29) is 11.8 Å². The van der Waals surface area contributed by atoms with E-state index in [1.54, 1.807) is 11.6 Å². The molecule has 0 aromatic carbocycles. The van der Waals surface area contributed by atoms with Crippen molar-refractivity contribution < 1.29 is 9.59 Å². The quantitative estimate of drug-likeness (QED) is 0.640. The smallest absolute Gasteiger partial charge is 0.271 e. The normalized spacial score (nSPS) is 14.0. The fourth-order valence-corrected chi connectivity index (χ4v) is 2.13. The number of nitrogens with one attached hydrogen (secondary N) is 2. The van der Waals surface area contributed by atoms with Crippen molar-refractivity contribution in [1.29, 1.82) is 0 Å². The molecule has 21 heavy (non-hydrogen) atoms. The number of hydrogen-bond donors (Lipinski definition) is 3. The Morgan fingerprint density at radius 3 is 2.76 bits per heavy atom. The number of amides is 2. The van der Waals surface area contributed by atoms with Gasteiger partial charge in [0, 0.05) is 25.6 Å². The number of nitrogen functional groups attached to an aromatic ring is 1. The zero-order valence-electron chi connectivity index (χ0n) is 12.6. The first-order valence-electron chi connectivity index (χ1n) is 7.43. The van der Waals surface area contributed by atoms with Gasteiger partial charge in [-0.15, -0.1) is 0 Å². The van der Waals surface area contributed by atoms with E-state index in [2.05, 4.69) is 15.7 Å². The fourth-order valence-electron chi connectivity index (χ4n) is 2.13. The number of nitrogens with two attached hydrogens (primary N) is 1. The molecule has 2 amide bonds. The molecular weight excluding hydrogens is 270 g/mol. The minimum Gasteiger partial charge on any atom is -0.395 e. The average Bonchev–Trinajstić information content (AvgIpc) is 3.21. The van der Waals surface area contributed by atoms with E-state index >= 15 is 0 Å². The van der Waals surface area contributed by atoms with Gasteiger partial charge in [-0.3, -0.25) is 14.3 Å². The van der Waals surface area contributed by atoms with Crippen molar-refractivity contribution in [2.45, 2.75) is 52.1 Å². The Hall–Kier alpha value is -2.05. The Morgan fingerprint density at radius 2 is 2.14 bits per heavy atom. The van der Waals surface area contributed by atoms with Crippen molar-refractivity contribution in [2.24, 2.45) is 0 Å². The van der Waals surface area contributed by atoms with E-state index in [4.69, 9.17) is 5.73 Å². The summed E-state index contributed by atoms with van der Waals surface area (Å²) in [7, 11) is 0. The first kappa shape index (κ1) is 15.3. The molecule has 0 spiro atoms. The highest BCUT2D eigenvalue weighted by molar-refractivity contribution is 5.97. The third-order valence-corrected chi connectivity index (χ3v) is 3.50. The standard InChI is InChI=1S/C14H23N5O2/c1-3-19-13(12(15)9(2)18-19)14(21)16-8-4-5-11(20)17-10-6-7-10/h10H,3-8,15H2,1-2H3,(H,16,21)(H,17,20). The molecule has 1 aliphatic rings. The lowest BCUT2D eigenvalue weighted by atomic mass is 10.2. The van der Waals surface area contributed by atoms with Gasteiger partial charge in [-0.25, -0.2) is 0 Å². The molecule has 116 valence electrons. The third-order valence-electron chi connectivity index (χ3n) is 3.50. The number of carbonyl (C=O) groups is 2. The molecule has 0 radical (unpaired) electrons. The van der Waals surface area contributed by atoms with E-state index in [1.165, 1.54) is 0 Å². The molecule has 1 aromatic rings. The maximum atomic E-state index is 12.1. The van der Waals surface area contributed by atoms with Gasteiger partial charge in [0.25, 0.3) is 5.91 Å². The first-order chi connectivity index (χ1) is 10.0. The predicted molar refractivity (Wildman–Crippen MR) is 79.8 cm³/mol. The summed E-state index contributed by atoms with van der Waals surface area (Å²) in [5.74, 6) is -0.182. The van der Waals surface area contributed by atoms with Gasteiger partial charge < -0.3 is 16.4 Å². The van der Waals surface area contributed by atoms with E-state index in [0.29, 0.717) is 49.0 Å². The lowest BCUT2D eigenvalue weighted by Crippen LogP contribution is -2.30. The monoisotopic (exact) mass is 293 g/mol. The summed E-state index contributed by atoms with van der Waals surface area (Å²) in [4.78, 5) is 23.6. The molecule has 1 saturated carbocycles. The summed E-state index contributed by atoms with van der Waals surface area (Å²) in [5, 5.41) is 9.92. The first-order valence-corrected chi connectivity index (χ1v) is 7.43. The average molecular weight is 293 g/mol. The molecule has 4 N–H and O–H groups in total. The third kappa shape index (κ3) is 3.96. The molecule has 1 heterocycles. The van der Waals surface area contributed by atoms with Crippen LogP contribution in [0.4, 0.5) is 5.69 Å². The summed E-state index contributed by atoms with van der Waals surface area (Å²) in [6, 6.07) is 0.383. The van der Waals surface area contributed by atoms with Crippen LogP contribution in [-0.2, 0) is 11.3 Å². The van der Waals surface area contributed by atoms with Crippen molar-refractivity contribution in [2.75, 3.05) is 12.3 Å². The summed E-state index contributed by atoms with van der Waals surface area (Å²) >= 11 is 0. The van der Waals surface area contributed by atoms with Crippen LogP contribution in [0.25, 0.3) is 0 Å². The maximum Gasteiger partial charge on any atom is 0.271 e. The van der Waals surface area contributed by atoms with Crippen molar-refractivity contribution in [3.63, 3.8) is 0 Å². The minimum absolute atomic E-state index is 0.0562. The number of carbonyl (C=O) groups excluding carboxylic acids is 2. The van der Waals surface area contributed by atoms with Crippen molar-refractivity contribution in [1.82, 2.24) is 20.4 Å². The Kier molecular flexibility index (Phi) is 4.82. The molecule has 0 bridgehead atoms. The number of anilines is 1. The molecule has 0 unspecified atom stereocenters. The van der Waals surface area contributed by atoms with Gasteiger partial charge >= 0.3 is 0 Å². The van der Waals surface area contributed by atoms with Crippen LogP contribution in [0.1, 0.15) is 48.8 Å². The number of aryl methyl sites for hydroxylation is 2. The van der Waals surface area contributed by atoms with Crippen LogP contribution in [0.5, 0.6) is 0 Å². The van der Waals surface area contributed by atoms with Crippen molar-refractivity contribution in [3.8, 4) is 0 Å². The Bertz CT molecular complexity index is 534. The van der Waals surface area contributed by atoms with Crippen molar-refractivity contribution >= 4 is 17.5 Å². The van der Waals surface area contributed by atoms with Gasteiger partial charge in [0.15, 0.2) is 0 Å². The van der Waals surface area contributed by atoms with Gasteiger partial charge in [0.2, 0.25) is 5.91 Å². The Balaban J connectivity index is 1.77. The van der Waals surface area contributed by atoms with Crippen LogP contribution in [0.15, 0.2) is 0 Å². The van der Waals surface area contributed by atoms with E-state index in [1.807, 2.05) is 6.92 Å². The summed E-state index contributed by atoms with van der Waals surface area (Å²) < 4.78 is 1.60. The van der Waals surface area contributed by atoms with E-state index < -0.39 is 0 Å². The SMILES string of the molecule is CCn1nc(C)c(N)c1C(=O)NCCCC(=O)NC1CC1. The Labute approximate surface area is 124 Å². The molecule has 1 aromatic heterocycles. The number of hydrogen-bond acceptors (Lipinski definition) is 4. The largest absolute Gasteiger partial charge is 0.395 e.